The first-order chi connectivity index (χ1) is 11.9. The Labute approximate surface area is 142 Å². The molecule has 0 unspecified atom stereocenters. The van der Waals surface area contributed by atoms with Crippen LogP contribution in [0.4, 0.5) is 13.2 Å². The summed E-state index contributed by atoms with van der Waals surface area (Å²) in [6.07, 6.45) is -0.0547. The van der Waals surface area contributed by atoms with Gasteiger partial charge < -0.3 is 5.32 Å². The number of hydrogen-bond donors (Lipinski definition) is 1. The van der Waals surface area contributed by atoms with Gasteiger partial charge in [-0.05, 0) is 37.0 Å². The highest BCUT2D eigenvalue weighted by Gasteiger charge is 2.41. The van der Waals surface area contributed by atoms with Crippen LogP contribution in [-0.4, -0.2) is 21.9 Å². The minimum atomic E-state index is -4.36. The van der Waals surface area contributed by atoms with Gasteiger partial charge in [-0.2, -0.15) is 13.2 Å². The van der Waals surface area contributed by atoms with Gasteiger partial charge in [0.25, 0.3) is 5.91 Å². The van der Waals surface area contributed by atoms with Crippen molar-refractivity contribution < 1.29 is 18.0 Å². The molecule has 0 spiro atoms. The molecule has 0 saturated heterocycles. The van der Waals surface area contributed by atoms with E-state index in [0.29, 0.717) is 29.4 Å². The Bertz CT molecular complexity index is 817. The molecule has 1 aromatic heterocycles. The van der Waals surface area contributed by atoms with Crippen LogP contribution in [0.2, 0.25) is 0 Å². The summed E-state index contributed by atoms with van der Waals surface area (Å²) in [5.41, 5.74) is 0.250. The lowest BCUT2D eigenvalue weighted by molar-refractivity contribution is -0.137. The van der Waals surface area contributed by atoms with Crippen LogP contribution >= 0.6 is 0 Å². The summed E-state index contributed by atoms with van der Waals surface area (Å²) in [7, 11) is 0. The number of carbonyl (C=O) groups excluding carboxylic acids is 1. The zero-order chi connectivity index (χ0) is 17.6. The van der Waals surface area contributed by atoms with Crippen molar-refractivity contribution in [3.8, 4) is 0 Å². The van der Waals surface area contributed by atoms with Crippen LogP contribution in [-0.2, 0) is 6.18 Å². The van der Waals surface area contributed by atoms with E-state index in [0.717, 1.165) is 25.0 Å². The fourth-order valence-electron chi connectivity index (χ4n) is 2.95. The normalized spacial score (nSPS) is 22.5. The Morgan fingerprint density at radius 1 is 1.20 bits per heavy atom. The van der Waals surface area contributed by atoms with E-state index < -0.39 is 11.7 Å². The first-order valence-electron chi connectivity index (χ1n) is 8.23. The average molecular weight is 347 g/mol. The number of alkyl halides is 3. The molecule has 1 amide bonds. The number of benzene rings is 1. The molecule has 1 heterocycles. The largest absolute Gasteiger partial charge is 0.416 e. The van der Waals surface area contributed by atoms with Gasteiger partial charge >= 0.3 is 6.18 Å². The van der Waals surface area contributed by atoms with Gasteiger partial charge in [0.05, 0.1) is 5.56 Å². The van der Waals surface area contributed by atoms with Crippen molar-refractivity contribution in [2.45, 2.75) is 43.3 Å². The minimum Gasteiger partial charge on any atom is -0.347 e. The quantitative estimate of drug-likeness (QED) is 0.918. The summed E-state index contributed by atoms with van der Waals surface area (Å²) in [5.74, 6) is 0.657. The van der Waals surface area contributed by atoms with Crippen molar-refractivity contribution >= 4 is 5.91 Å². The molecule has 0 bridgehead atoms. The van der Waals surface area contributed by atoms with Crippen LogP contribution in [0.15, 0.2) is 36.5 Å². The van der Waals surface area contributed by atoms with E-state index in [9.17, 15) is 18.0 Å². The van der Waals surface area contributed by atoms with E-state index in [-0.39, 0.29) is 17.9 Å². The highest BCUT2D eigenvalue weighted by molar-refractivity contribution is 5.92. The van der Waals surface area contributed by atoms with E-state index in [2.05, 4.69) is 15.3 Å². The molecule has 0 radical (unpaired) electrons. The van der Waals surface area contributed by atoms with Gasteiger partial charge in [-0.3, -0.25) is 4.79 Å². The van der Waals surface area contributed by atoms with Gasteiger partial charge in [-0.1, -0.05) is 18.2 Å². The molecule has 1 N–H and O–H groups in total. The first-order valence-corrected chi connectivity index (χ1v) is 8.23. The summed E-state index contributed by atoms with van der Waals surface area (Å²) in [4.78, 5) is 20.8. The molecule has 25 heavy (non-hydrogen) atoms. The van der Waals surface area contributed by atoms with Crippen LogP contribution in [0, 0.1) is 0 Å². The van der Waals surface area contributed by atoms with Crippen molar-refractivity contribution in [2.24, 2.45) is 0 Å². The van der Waals surface area contributed by atoms with Crippen molar-refractivity contribution in [3.05, 3.63) is 59.2 Å². The maximum atomic E-state index is 12.8. The van der Waals surface area contributed by atoms with Gasteiger partial charge in [0.1, 0.15) is 11.5 Å². The maximum Gasteiger partial charge on any atom is 0.416 e. The first kappa shape index (κ1) is 16.1. The molecule has 4 rings (SSSR count). The number of carbonyl (C=O) groups is 1. The fourth-order valence-corrected chi connectivity index (χ4v) is 2.95. The van der Waals surface area contributed by atoms with Gasteiger partial charge in [-0.15, -0.1) is 0 Å². The minimum absolute atomic E-state index is 0.0870. The molecule has 4 nitrogen and oxygen atoms in total. The Hall–Kier alpha value is -2.44. The molecule has 2 atom stereocenters. The number of aromatic nitrogens is 2. The van der Waals surface area contributed by atoms with Gasteiger partial charge in [0, 0.05) is 24.1 Å². The topological polar surface area (TPSA) is 54.9 Å². The van der Waals surface area contributed by atoms with E-state index in [1.807, 2.05) is 0 Å². The molecule has 0 aliphatic heterocycles. The predicted octanol–water partition coefficient (Wildman–Crippen LogP) is 3.66. The smallest absolute Gasteiger partial charge is 0.347 e. The Morgan fingerprint density at radius 2 is 2.00 bits per heavy atom. The maximum absolute atomic E-state index is 12.8. The lowest BCUT2D eigenvalue weighted by atomic mass is 10.1. The van der Waals surface area contributed by atoms with Gasteiger partial charge in [0.2, 0.25) is 0 Å². The molecular weight excluding hydrogens is 331 g/mol. The van der Waals surface area contributed by atoms with E-state index in [1.165, 1.54) is 6.07 Å². The zero-order valence-electron chi connectivity index (χ0n) is 13.3. The lowest BCUT2D eigenvalue weighted by Crippen LogP contribution is -2.27. The Balaban J connectivity index is 1.42. The molecule has 2 aliphatic carbocycles. The summed E-state index contributed by atoms with van der Waals surface area (Å²) in [6, 6.07) is 6.69. The molecule has 2 fully saturated rings. The average Bonchev–Trinajstić information content (AvgIpc) is 3.49. The van der Waals surface area contributed by atoms with Crippen LogP contribution in [0.5, 0.6) is 0 Å². The number of nitrogens with zero attached hydrogens (tertiary/aromatic N) is 2. The van der Waals surface area contributed by atoms with Crippen LogP contribution in [0.3, 0.4) is 0 Å². The summed E-state index contributed by atoms with van der Waals surface area (Å²) < 4.78 is 38.4. The zero-order valence-corrected chi connectivity index (χ0v) is 13.3. The van der Waals surface area contributed by atoms with Crippen molar-refractivity contribution in [1.29, 1.82) is 0 Å². The SMILES string of the molecule is O=C(N[C@@H]1C[C@@H]1c1cccc(C(F)(F)F)c1)c1ccnc(C2CC2)n1. The molecule has 1 aromatic carbocycles. The standard InChI is InChI=1S/C18H16F3N3O/c19-18(20,21)12-3-1-2-11(8-12)13-9-15(13)24-17(25)14-6-7-22-16(23-14)10-4-5-10/h1-3,6-8,10,13,15H,4-5,9H2,(H,24,25)/t13-,15-/m1/s1. The number of amides is 1. The van der Waals surface area contributed by atoms with Crippen LogP contribution in [0.1, 0.15) is 58.5 Å². The second-order valence-electron chi connectivity index (χ2n) is 6.62. The molecule has 2 saturated carbocycles. The molecular formula is C18H16F3N3O. The highest BCUT2D eigenvalue weighted by atomic mass is 19.4. The van der Waals surface area contributed by atoms with Crippen LogP contribution < -0.4 is 5.32 Å². The predicted molar refractivity (Wildman–Crippen MR) is 84.1 cm³/mol. The number of rotatable bonds is 4. The van der Waals surface area contributed by atoms with Crippen LogP contribution in [0.25, 0.3) is 0 Å². The third-order valence-electron chi connectivity index (χ3n) is 4.60. The Kier molecular flexibility index (Phi) is 3.74. The molecule has 2 aromatic rings. The van der Waals surface area contributed by atoms with E-state index >= 15 is 0 Å². The fraction of sp³-hybridized carbons (Fsp3) is 0.389. The van der Waals surface area contributed by atoms with Crippen molar-refractivity contribution in [3.63, 3.8) is 0 Å². The third kappa shape index (κ3) is 3.50. The lowest BCUT2D eigenvalue weighted by Gasteiger charge is -2.09. The summed E-state index contributed by atoms with van der Waals surface area (Å²) in [6.45, 7) is 0. The van der Waals surface area contributed by atoms with Crippen molar-refractivity contribution in [1.82, 2.24) is 15.3 Å². The summed E-state index contributed by atoms with van der Waals surface area (Å²) >= 11 is 0. The molecule has 2 aliphatic rings. The number of hydrogen-bond acceptors (Lipinski definition) is 3. The molecule has 130 valence electrons. The van der Waals surface area contributed by atoms with Gasteiger partial charge in [-0.25, -0.2) is 9.97 Å². The van der Waals surface area contributed by atoms with E-state index in [1.54, 1.807) is 18.3 Å². The number of halogens is 3. The van der Waals surface area contributed by atoms with E-state index in [4.69, 9.17) is 0 Å². The second-order valence-corrected chi connectivity index (χ2v) is 6.62. The second kappa shape index (κ2) is 5.82. The third-order valence-corrected chi connectivity index (χ3v) is 4.60. The molecule has 7 heteroatoms. The Morgan fingerprint density at radius 3 is 2.72 bits per heavy atom. The van der Waals surface area contributed by atoms with Gasteiger partial charge in [0.15, 0.2) is 0 Å². The highest BCUT2D eigenvalue weighted by Crippen LogP contribution is 2.42. The monoisotopic (exact) mass is 347 g/mol. The number of nitrogens with one attached hydrogen (secondary N) is 1. The van der Waals surface area contributed by atoms with Crippen molar-refractivity contribution in [2.75, 3.05) is 0 Å². The summed E-state index contributed by atoms with van der Waals surface area (Å²) in [5, 5.41) is 2.85.